The van der Waals surface area contributed by atoms with Crippen LogP contribution in [0.15, 0.2) is 34.9 Å². The Morgan fingerprint density at radius 1 is 1.03 bits per heavy atom. The number of esters is 1. The third kappa shape index (κ3) is 4.71. The lowest BCUT2D eigenvalue weighted by molar-refractivity contribution is -0.152. The largest absolute Gasteiger partial charge is 0.461 e. The predicted molar refractivity (Wildman–Crippen MR) is 112 cm³/mol. The van der Waals surface area contributed by atoms with E-state index in [1.165, 1.54) is 0 Å². The number of rotatable bonds is 5. The summed E-state index contributed by atoms with van der Waals surface area (Å²) >= 11 is 0. The molecule has 3 atom stereocenters. The molecule has 1 aromatic carbocycles. The summed E-state index contributed by atoms with van der Waals surface area (Å²) in [6.07, 6.45) is 0.447. The first-order valence-electron chi connectivity index (χ1n) is 11.5. The maximum atomic E-state index is 12.9. The van der Waals surface area contributed by atoms with Crippen LogP contribution >= 0.6 is 0 Å². The second-order valence-electron chi connectivity index (χ2n) is 9.22. The van der Waals surface area contributed by atoms with Crippen molar-refractivity contribution < 1.29 is 27.2 Å². The van der Waals surface area contributed by atoms with E-state index in [0.29, 0.717) is 12.6 Å². The lowest BCUT2D eigenvalue weighted by atomic mass is 9.91. The van der Waals surface area contributed by atoms with Crippen molar-refractivity contribution in [2.75, 3.05) is 18.0 Å². The summed E-state index contributed by atoms with van der Waals surface area (Å²) < 4.78 is 49.1. The molecule has 2 bridgehead atoms. The van der Waals surface area contributed by atoms with Crippen molar-refractivity contribution in [2.24, 2.45) is 5.92 Å². The van der Waals surface area contributed by atoms with Crippen LogP contribution in [0, 0.1) is 5.92 Å². The monoisotopic (exact) mass is 464 g/mol. The average molecular weight is 464 g/mol. The van der Waals surface area contributed by atoms with E-state index in [1.54, 1.807) is 0 Å². The molecule has 3 fully saturated rings. The number of carbonyl (C=O) groups excluding carboxylic acids is 1. The molecule has 0 N–H and O–H groups in total. The Morgan fingerprint density at radius 3 is 2.30 bits per heavy atom. The van der Waals surface area contributed by atoms with E-state index in [0.717, 1.165) is 57.2 Å². The predicted octanol–water partition coefficient (Wildman–Crippen LogP) is 4.04. The van der Waals surface area contributed by atoms with Crippen LogP contribution in [-0.4, -0.2) is 52.2 Å². The van der Waals surface area contributed by atoms with Gasteiger partial charge in [-0.25, -0.2) is 0 Å². The molecule has 10 heteroatoms. The third-order valence-electron chi connectivity index (χ3n) is 7.20. The van der Waals surface area contributed by atoms with E-state index in [4.69, 9.17) is 9.26 Å². The fraction of sp³-hybridized carbons (Fsp3) is 0.609. The number of aromatic nitrogens is 2. The van der Waals surface area contributed by atoms with Crippen LogP contribution in [0.25, 0.3) is 0 Å². The molecular weight excluding hydrogens is 437 g/mol. The molecule has 5 rings (SSSR count). The summed E-state index contributed by atoms with van der Waals surface area (Å²) in [4.78, 5) is 20.4. The van der Waals surface area contributed by atoms with E-state index in [9.17, 15) is 18.0 Å². The summed E-state index contributed by atoms with van der Waals surface area (Å²) in [5.74, 6) is -1.44. The molecule has 1 aromatic heterocycles. The van der Waals surface area contributed by atoms with Crippen molar-refractivity contribution in [3.63, 3.8) is 0 Å². The second kappa shape index (κ2) is 8.96. The molecule has 0 saturated carbocycles. The Morgan fingerprint density at radius 2 is 1.70 bits per heavy atom. The molecule has 178 valence electrons. The van der Waals surface area contributed by atoms with Gasteiger partial charge in [0.1, 0.15) is 6.61 Å². The number of anilines is 1. The summed E-state index contributed by atoms with van der Waals surface area (Å²) in [5, 5.41) is 3.12. The van der Waals surface area contributed by atoms with Crippen LogP contribution in [0.4, 0.5) is 19.2 Å². The van der Waals surface area contributed by atoms with Crippen LogP contribution in [-0.2, 0) is 22.3 Å². The normalized spacial score (nSPS) is 26.5. The zero-order valence-electron chi connectivity index (χ0n) is 18.2. The molecule has 0 amide bonds. The average Bonchev–Trinajstić information content (AvgIpc) is 3.40. The van der Waals surface area contributed by atoms with Crippen LogP contribution in [0.5, 0.6) is 0 Å². The summed E-state index contributed by atoms with van der Waals surface area (Å²) in [6, 6.07) is 10.2. The van der Waals surface area contributed by atoms with Gasteiger partial charge in [-0.1, -0.05) is 30.3 Å². The zero-order valence-corrected chi connectivity index (χ0v) is 18.2. The van der Waals surface area contributed by atoms with Crippen LogP contribution in [0.2, 0.25) is 0 Å². The highest BCUT2D eigenvalue weighted by Gasteiger charge is 2.46. The summed E-state index contributed by atoms with van der Waals surface area (Å²) in [6.45, 7) is 1.95. The Kier molecular flexibility index (Phi) is 6.03. The van der Waals surface area contributed by atoms with Crippen molar-refractivity contribution in [1.82, 2.24) is 15.0 Å². The number of hydrogen-bond donors (Lipinski definition) is 0. The van der Waals surface area contributed by atoms with Gasteiger partial charge in [0.05, 0.1) is 5.92 Å². The standard InChI is InChI=1S/C23H27F3N4O3/c24-23(25,26)21-27-22(33-28-21)30-17-6-7-18(30)13-19(12-17)29-10-8-16(9-11-29)20(31)32-14-15-4-2-1-3-5-15/h1-5,16-19H,6-14H2/t17-,18+,19?. The quantitative estimate of drug-likeness (QED) is 0.619. The minimum absolute atomic E-state index is 0.0202. The van der Waals surface area contributed by atoms with Crippen molar-refractivity contribution in [2.45, 2.75) is 69.4 Å². The lowest BCUT2D eigenvalue weighted by Gasteiger charge is -2.44. The van der Waals surface area contributed by atoms with Crippen molar-refractivity contribution in [3.05, 3.63) is 41.7 Å². The summed E-state index contributed by atoms with van der Waals surface area (Å²) in [5.41, 5.74) is 0.981. The number of ether oxygens (including phenoxy) is 1. The molecule has 33 heavy (non-hydrogen) atoms. The van der Waals surface area contributed by atoms with Gasteiger partial charge in [-0.05, 0) is 62.3 Å². The topological polar surface area (TPSA) is 71.7 Å². The van der Waals surface area contributed by atoms with Crippen LogP contribution in [0.3, 0.4) is 0 Å². The molecule has 2 aromatic rings. The highest BCUT2D eigenvalue weighted by molar-refractivity contribution is 5.72. The fourth-order valence-corrected chi connectivity index (χ4v) is 5.54. The maximum absolute atomic E-state index is 12.9. The molecule has 1 unspecified atom stereocenters. The van der Waals surface area contributed by atoms with Gasteiger partial charge in [0.2, 0.25) is 0 Å². The number of fused-ring (bicyclic) bond motifs is 2. The van der Waals surface area contributed by atoms with Gasteiger partial charge in [-0.3, -0.25) is 4.79 Å². The number of nitrogens with zero attached hydrogens (tertiary/aromatic N) is 4. The SMILES string of the molecule is O=C(OCc1ccccc1)C1CCN(C2C[C@H]3CC[C@@H](C2)N3c2nc(C(F)(F)F)no2)CC1. The third-order valence-corrected chi connectivity index (χ3v) is 7.20. The number of hydrogen-bond acceptors (Lipinski definition) is 7. The van der Waals surface area contributed by atoms with E-state index < -0.39 is 12.0 Å². The van der Waals surface area contributed by atoms with Gasteiger partial charge in [-0.2, -0.15) is 18.2 Å². The molecule has 0 aliphatic carbocycles. The molecule has 3 saturated heterocycles. The molecule has 7 nitrogen and oxygen atoms in total. The van der Waals surface area contributed by atoms with Gasteiger partial charge in [0.15, 0.2) is 0 Å². The molecule has 0 spiro atoms. The minimum Gasteiger partial charge on any atom is -0.461 e. The van der Waals surface area contributed by atoms with Gasteiger partial charge < -0.3 is 19.1 Å². The van der Waals surface area contributed by atoms with E-state index in [1.807, 2.05) is 35.2 Å². The number of piperidine rings is 2. The van der Waals surface area contributed by atoms with E-state index in [-0.39, 0.29) is 30.0 Å². The number of carbonyl (C=O) groups is 1. The molecular formula is C23H27F3N4O3. The van der Waals surface area contributed by atoms with Gasteiger partial charge in [-0.15, -0.1) is 0 Å². The van der Waals surface area contributed by atoms with Crippen LogP contribution < -0.4 is 4.90 Å². The smallest absolute Gasteiger partial charge is 0.455 e. The Bertz CT molecular complexity index is 945. The van der Waals surface area contributed by atoms with Gasteiger partial charge in [0.25, 0.3) is 5.82 Å². The fourth-order valence-electron chi connectivity index (χ4n) is 5.54. The van der Waals surface area contributed by atoms with Gasteiger partial charge in [0, 0.05) is 18.1 Å². The Labute approximate surface area is 189 Å². The zero-order chi connectivity index (χ0) is 23.0. The first-order valence-corrected chi connectivity index (χ1v) is 11.5. The van der Waals surface area contributed by atoms with Crippen molar-refractivity contribution in [1.29, 1.82) is 0 Å². The number of alkyl halides is 3. The molecule has 0 radical (unpaired) electrons. The van der Waals surface area contributed by atoms with Gasteiger partial charge >= 0.3 is 18.2 Å². The van der Waals surface area contributed by atoms with E-state index in [2.05, 4.69) is 15.0 Å². The first-order chi connectivity index (χ1) is 15.9. The lowest BCUT2D eigenvalue weighted by Crippen LogP contribution is -2.52. The molecule has 4 heterocycles. The van der Waals surface area contributed by atoms with Crippen molar-refractivity contribution in [3.8, 4) is 0 Å². The number of halogens is 3. The second-order valence-corrected chi connectivity index (χ2v) is 9.22. The highest BCUT2D eigenvalue weighted by Crippen LogP contribution is 2.41. The first kappa shape index (κ1) is 22.2. The summed E-state index contributed by atoms with van der Waals surface area (Å²) in [7, 11) is 0. The van der Waals surface area contributed by atoms with Crippen LogP contribution in [0.1, 0.15) is 49.9 Å². The number of benzene rings is 1. The minimum atomic E-state index is -4.61. The Hall–Kier alpha value is -2.62. The van der Waals surface area contributed by atoms with Crippen molar-refractivity contribution >= 4 is 12.0 Å². The highest BCUT2D eigenvalue weighted by atomic mass is 19.4. The Balaban J connectivity index is 1.13. The number of likely N-dealkylation sites (tertiary alicyclic amines) is 1. The van der Waals surface area contributed by atoms with E-state index >= 15 is 0 Å². The maximum Gasteiger partial charge on any atom is 0.455 e. The molecule has 3 aliphatic rings. The molecule has 3 aliphatic heterocycles.